The molecule has 2 aromatic rings. The first-order valence-electron chi connectivity index (χ1n) is 9.19. The van der Waals surface area contributed by atoms with Gasteiger partial charge in [-0.05, 0) is 42.2 Å². The Labute approximate surface area is 186 Å². The van der Waals surface area contributed by atoms with Gasteiger partial charge >= 0.3 is 0 Å². The molecule has 1 aliphatic rings. The van der Waals surface area contributed by atoms with Crippen LogP contribution in [0.5, 0.6) is 0 Å². The SMILES string of the molecule is O=C(NCc1ccc(Cl)cc1Cl)C1CCN(S(=O)(=O)Cc2ccccc2Cl)CC1. The first-order chi connectivity index (χ1) is 13.8. The van der Waals surface area contributed by atoms with E-state index in [2.05, 4.69) is 5.32 Å². The van der Waals surface area contributed by atoms with Crippen LogP contribution in [0.15, 0.2) is 42.5 Å². The van der Waals surface area contributed by atoms with Gasteiger partial charge in [0.1, 0.15) is 0 Å². The number of nitrogens with zero attached hydrogens (tertiary/aromatic N) is 1. The molecule has 1 amide bonds. The highest BCUT2D eigenvalue weighted by Gasteiger charge is 2.31. The standard InChI is InChI=1S/C20H21Cl3N2O3S/c21-17-6-5-15(19(23)11-17)12-24-20(26)14-7-9-25(10-8-14)29(27,28)13-16-3-1-2-4-18(16)22/h1-6,11,14H,7-10,12-13H2,(H,24,26). The van der Waals surface area contributed by atoms with E-state index in [1.807, 2.05) is 0 Å². The van der Waals surface area contributed by atoms with E-state index in [1.165, 1.54) is 4.31 Å². The van der Waals surface area contributed by atoms with E-state index in [9.17, 15) is 13.2 Å². The van der Waals surface area contributed by atoms with Crippen molar-refractivity contribution in [2.45, 2.75) is 25.1 Å². The number of carbonyl (C=O) groups is 1. The summed E-state index contributed by atoms with van der Waals surface area (Å²) in [6.07, 6.45) is 0.948. The molecular weight excluding hydrogens is 455 g/mol. The number of benzene rings is 2. The van der Waals surface area contributed by atoms with Crippen molar-refractivity contribution in [3.63, 3.8) is 0 Å². The molecule has 1 heterocycles. The van der Waals surface area contributed by atoms with Crippen molar-refractivity contribution in [3.8, 4) is 0 Å². The predicted octanol–water partition coefficient (Wildman–Crippen LogP) is 4.51. The summed E-state index contributed by atoms with van der Waals surface area (Å²) in [6.45, 7) is 0.930. The van der Waals surface area contributed by atoms with Gasteiger partial charge in [0.25, 0.3) is 0 Å². The number of carbonyl (C=O) groups excluding carboxylic acids is 1. The van der Waals surface area contributed by atoms with Crippen molar-refractivity contribution in [1.82, 2.24) is 9.62 Å². The zero-order chi connectivity index (χ0) is 21.0. The normalized spacial score (nSPS) is 16.0. The van der Waals surface area contributed by atoms with Crippen molar-refractivity contribution in [3.05, 3.63) is 68.7 Å². The molecule has 1 saturated heterocycles. The van der Waals surface area contributed by atoms with Crippen molar-refractivity contribution < 1.29 is 13.2 Å². The molecule has 1 N–H and O–H groups in total. The number of sulfonamides is 1. The van der Waals surface area contributed by atoms with E-state index in [-0.39, 0.29) is 17.6 Å². The van der Waals surface area contributed by atoms with Crippen LogP contribution in [-0.4, -0.2) is 31.7 Å². The van der Waals surface area contributed by atoms with Crippen LogP contribution in [0, 0.1) is 5.92 Å². The summed E-state index contributed by atoms with van der Waals surface area (Å²) in [7, 11) is -3.49. The number of hydrogen-bond acceptors (Lipinski definition) is 3. The van der Waals surface area contributed by atoms with Crippen molar-refractivity contribution in [2.75, 3.05) is 13.1 Å². The Bertz CT molecular complexity index is 990. The molecule has 0 aliphatic carbocycles. The smallest absolute Gasteiger partial charge is 0.223 e. The molecule has 1 aliphatic heterocycles. The van der Waals surface area contributed by atoms with Gasteiger partial charge in [0.05, 0.1) is 5.75 Å². The average molecular weight is 476 g/mol. The summed E-state index contributed by atoms with van der Waals surface area (Å²) in [4.78, 5) is 12.5. The van der Waals surface area contributed by atoms with Gasteiger partial charge in [-0.25, -0.2) is 12.7 Å². The van der Waals surface area contributed by atoms with Gasteiger partial charge in [-0.2, -0.15) is 0 Å². The highest BCUT2D eigenvalue weighted by Crippen LogP contribution is 2.25. The van der Waals surface area contributed by atoms with Crippen LogP contribution in [-0.2, 0) is 27.1 Å². The summed E-state index contributed by atoms with van der Waals surface area (Å²) in [5.41, 5.74) is 1.36. The second-order valence-corrected chi connectivity index (χ2v) is 10.2. The van der Waals surface area contributed by atoms with Crippen LogP contribution in [0.4, 0.5) is 0 Å². The van der Waals surface area contributed by atoms with Crippen LogP contribution in [0.2, 0.25) is 15.1 Å². The predicted molar refractivity (Wildman–Crippen MR) is 117 cm³/mol. The molecule has 0 radical (unpaired) electrons. The van der Waals surface area contributed by atoms with Gasteiger partial charge in [-0.15, -0.1) is 0 Å². The van der Waals surface area contributed by atoms with Gasteiger partial charge in [-0.1, -0.05) is 59.1 Å². The lowest BCUT2D eigenvalue weighted by Gasteiger charge is -2.30. The number of nitrogens with one attached hydrogen (secondary N) is 1. The lowest BCUT2D eigenvalue weighted by atomic mass is 9.97. The average Bonchev–Trinajstić information content (AvgIpc) is 2.69. The van der Waals surface area contributed by atoms with Gasteiger partial charge in [0.15, 0.2) is 0 Å². The van der Waals surface area contributed by atoms with Crippen molar-refractivity contribution in [1.29, 1.82) is 0 Å². The highest BCUT2D eigenvalue weighted by molar-refractivity contribution is 7.88. The molecule has 0 atom stereocenters. The lowest BCUT2D eigenvalue weighted by molar-refractivity contribution is -0.126. The van der Waals surface area contributed by atoms with E-state index < -0.39 is 10.0 Å². The minimum absolute atomic E-state index is 0.0980. The maximum absolute atomic E-state index is 12.7. The number of rotatable bonds is 6. The summed E-state index contributed by atoms with van der Waals surface area (Å²) in [5.74, 6) is -0.467. The summed E-state index contributed by atoms with van der Waals surface area (Å²) >= 11 is 18.1. The Hall–Kier alpha value is -1.31. The quantitative estimate of drug-likeness (QED) is 0.669. The molecule has 0 spiro atoms. The third-order valence-electron chi connectivity index (χ3n) is 4.98. The minimum Gasteiger partial charge on any atom is -0.352 e. The summed E-state index contributed by atoms with van der Waals surface area (Å²) < 4.78 is 26.8. The second-order valence-electron chi connectivity index (χ2n) is 6.97. The Balaban J connectivity index is 1.53. The molecule has 0 bridgehead atoms. The number of halogens is 3. The molecule has 156 valence electrons. The van der Waals surface area contributed by atoms with Crippen LogP contribution in [0.1, 0.15) is 24.0 Å². The lowest BCUT2D eigenvalue weighted by Crippen LogP contribution is -2.43. The Morgan fingerprint density at radius 2 is 1.69 bits per heavy atom. The molecular formula is C20H21Cl3N2O3S. The van der Waals surface area contributed by atoms with Gasteiger partial charge in [0.2, 0.25) is 15.9 Å². The fraction of sp³-hybridized carbons (Fsp3) is 0.350. The monoisotopic (exact) mass is 474 g/mol. The summed E-state index contributed by atoms with van der Waals surface area (Å²) in [6, 6.07) is 12.0. The molecule has 0 aromatic heterocycles. The molecule has 5 nitrogen and oxygen atoms in total. The largest absolute Gasteiger partial charge is 0.352 e. The van der Waals surface area contributed by atoms with Gasteiger partial charge in [0, 0.05) is 40.6 Å². The van der Waals surface area contributed by atoms with Crippen molar-refractivity contribution in [2.24, 2.45) is 5.92 Å². The van der Waals surface area contributed by atoms with Crippen LogP contribution in [0.25, 0.3) is 0 Å². The van der Waals surface area contributed by atoms with E-state index >= 15 is 0 Å². The van der Waals surface area contributed by atoms with Gasteiger partial charge in [-0.3, -0.25) is 4.79 Å². The molecule has 0 saturated carbocycles. The number of piperidine rings is 1. The Kier molecular flexibility index (Phi) is 7.46. The van der Waals surface area contributed by atoms with E-state index in [4.69, 9.17) is 34.8 Å². The molecule has 0 unspecified atom stereocenters. The first kappa shape index (κ1) is 22.4. The van der Waals surface area contributed by atoms with Crippen molar-refractivity contribution >= 4 is 50.7 Å². The van der Waals surface area contributed by atoms with Crippen LogP contribution < -0.4 is 5.32 Å². The fourth-order valence-corrected chi connectivity index (χ4v) is 5.64. The van der Waals surface area contributed by atoms with Crippen LogP contribution >= 0.6 is 34.8 Å². The minimum atomic E-state index is -3.49. The van der Waals surface area contributed by atoms with Gasteiger partial charge < -0.3 is 5.32 Å². The first-order valence-corrected chi connectivity index (χ1v) is 11.9. The van der Waals surface area contributed by atoms with E-state index in [0.29, 0.717) is 53.1 Å². The zero-order valence-electron chi connectivity index (χ0n) is 15.6. The molecule has 2 aromatic carbocycles. The molecule has 29 heavy (non-hydrogen) atoms. The summed E-state index contributed by atoms with van der Waals surface area (Å²) in [5, 5.41) is 4.35. The third kappa shape index (κ3) is 5.86. The maximum Gasteiger partial charge on any atom is 0.223 e. The van der Waals surface area contributed by atoms with E-state index in [0.717, 1.165) is 5.56 Å². The zero-order valence-corrected chi connectivity index (χ0v) is 18.7. The topological polar surface area (TPSA) is 66.5 Å². The Morgan fingerprint density at radius 1 is 1.00 bits per heavy atom. The number of hydrogen-bond donors (Lipinski definition) is 1. The Morgan fingerprint density at radius 3 is 2.34 bits per heavy atom. The second kappa shape index (κ2) is 9.67. The highest BCUT2D eigenvalue weighted by atomic mass is 35.5. The third-order valence-corrected chi connectivity index (χ3v) is 7.77. The van der Waals surface area contributed by atoms with Crippen LogP contribution in [0.3, 0.4) is 0 Å². The van der Waals surface area contributed by atoms with E-state index in [1.54, 1.807) is 42.5 Å². The molecule has 1 fully saturated rings. The molecule has 9 heteroatoms. The maximum atomic E-state index is 12.7. The molecule has 3 rings (SSSR count). The fourth-order valence-electron chi connectivity index (χ4n) is 3.29. The number of amides is 1.